The molecule has 2 unspecified atom stereocenters. The Hall–Kier alpha value is -0.870. The third-order valence-electron chi connectivity index (χ3n) is 3.00. The molecular formula is C13H20O3S. The Morgan fingerprint density at radius 1 is 1.24 bits per heavy atom. The summed E-state index contributed by atoms with van der Waals surface area (Å²) < 4.78 is 22.6. The van der Waals surface area contributed by atoms with Crippen LogP contribution in [0.3, 0.4) is 0 Å². The zero-order valence-corrected chi connectivity index (χ0v) is 11.4. The first-order valence-electron chi connectivity index (χ1n) is 5.84. The summed E-state index contributed by atoms with van der Waals surface area (Å²) in [6.07, 6.45) is 2.52. The number of hydrogen-bond acceptors (Lipinski definition) is 3. The van der Waals surface area contributed by atoms with Gasteiger partial charge in [0.1, 0.15) is 0 Å². The molecule has 1 aromatic carbocycles. The average molecular weight is 256 g/mol. The molecule has 0 aliphatic carbocycles. The summed E-state index contributed by atoms with van der Waals surface area (Å²) in [5.41, 5.74) is 0.971. The van der Waals surface area contributed by atoms with Crippen LogP contribution in [0.2, 0.25) is 0 Å². The summed E-state index contributed by atoms with van der Waals surface area (Å²) >= 11 is 0. The largest absolute Gasteiger partial charge is 0.393 e. The van der Waals surface area contributed by atoms with Gasteiger partial charge in [0.15, 0.2) is 9.84 Å². The van der Waals surface area contributed by atoms with Gasteiger partial charge in [-0.25, -0.2) is 8.42 Å². The van der Waals surface area contributed by atoms with Crippen molar-refractivity contribution in [3.8, 4) is 0 Å². The molecule has 0 aliphatic rings. The molecule has 0 spiro atoms. The third kappa shape index (κ3) is 3.82. The van der Waals surface area contributed by atoms with Crippen molar-refractivity contribution < 1.29 is 13.5 Å². The first-order valence-corrected chi connectivity index (χ1v) is 7.73. The average Bonchev–Trinajstić information content (AvgIpc) is 2.27. The predicted octanol–water partition coefficient (Wildman–Crippen LogP) is 2.35. The molecule has 0 saturated carbocycles. The second kappa shape index (κ2) is 5.65. The van der Waals surface area contributed by atoms with Gasteiger partial charge < -0.3 is 5.11 Å². The monoisotopic (exact) mass is 256 g/mol. The van der Waals surface area contributed by atoms with Gasteiger partial charge in [-0.15, -0.1) is 0 Å². The highest BCUT2D eigenvalue weighted by Crippen LogP contribution is 2.23. The van der Waals surface area contributed by atoms with Crippen molar-refractivity contribution >= 4 is 9.84 Å². The predicted molar refractivity (Wildman–Crippen MR) is 68.9 cm³/mol. The van der Waals surface area contributed by atoms with Crippen LogP contribution in [0.25, 0.3) is 0 Å². The molecule has 3 nitrogen and oxygen atoms in total. The van der Waals surface area contributed by atoms with E-state index in [0.29, 0.717) is 4.90 Å². The van der Waals surface area contributed by atoms with Gasteiger partial charge in [-0.05, 0) is 24.1 Å². The van der Waals surface area contributed by atoms with Crippen molar-refractivity contribution in [3.63, 3.8) is 0 Å². The van der Waals surface area contributed by atoms with Crippen molar-refractivity contribution in [2.45, 2.75) is 43.6 Å². The van der Waals surface area contributed by atoms with E-state index in [1.807, 2.05) is 13.8 Å². The van der Waals surface area contributed by atoms with E-state index in [2.05, 4.69) is 0 Å². The molecular weight excluding hydrogens is 236 g/mol. The number of benzene rings is 1. The fourth-order valence-corrected chi connectivity index (χ4v) is 2.42. The Balaban J connectivity index is 2.88. The highest BCUT2D eigenvalue weighted by Gasteiger charge is 2.16. The lowest BCUT2D eigenvalue weighted by atomic mass is 9.93. The molecule has 0 aromatic heterocycles. The number of hydrogen-bond donors (Lipinski definition) is 1. The molecule has 0 radical (unpaired) electrons. The molecule has 0 saturated heterocycles. The zero-order valence-electron chi connectivity index (χ0n) is 10.6. The quantitative estimate of drug-likeness (QED) is 0.880. The third-order valence-corrected chi connectivity index (χ3v) is 4.12. The Bertz CT molecular complexity index is 448. The lowest BCUT2D eigenvalue weighted by Gasteiger charge is -2.18. The van der Waals surface area contributed by atoms with Crippen molar-refractivity contribution in [2.24, 2.45) is 0 Å². The Kier molecular flexibility index (Phi) is 4.71. The molecule has 0 aliphatic heterocycles. The molecule has 1 N–H and O–H groups in total. The summed E-state index contributed by atoms with van der Waals surface area (Å²) in [4.78, 5) is 0.318. The van der Waals surface area contributed by atoms with Crippen LogP contribution in [0.4, 0.5) is 0 Å². The standard InChI is InChI=1S/C13H20O3S/c1-4-5-13(14)10(2)11-6-8-12(9-7-11)17(3,15)16/h6-10,13-14H,4-5H2,1-3H3. The molecule has 17 heavy (non-hydrogen) atoms. The summed E-state index contributed by atoms with van der Waals surface area (Å²) in [5.74, 6) is 0.0311. The van der Waals surface area contributed by atoms with Crippen LogP contribution in [0.1, 0.15) is 38.2 Å². The summed E-state index contributed by atoms with van der Waals surface area (Å²) in [6.45, 7) is 3.98. The lowest BCUT2D eigenvalue weighted by Crippen LogP contribution is -2.15. The van der Waals surface area contributed by atoms with Crippen LogP contribution < -0.4 is 0 Å². The molecule has 0 bridgehead atoms. The van der Waals surface area contributed by atoms with Gasteiger partial charge in [0.25, 0.3) is 0 Å². The zero-order chi connectivity index (χ0) is 13.1. The van der Waals surface area contributed by atoms with E-state index in [-0.39, 0.29) is 12.0 Å². The molecule has 0 amide bonds. The normalized spacial score (nSPS) is 15.5. The number of aliphatic hydroxyl groups is 1. The van der Waals surface area contributed by atoms with E-state index < -0.39 is 9.84 Å². The Morgan fingerprint density at radius 3 is 2.18 bits per heavy atom. The molecule has 0 fully saturated rings. The van der Waals surface area contributed by atoms with E-state index in [1.54, 1.807) is 24.3 Å². The maximum absolute atomic E-state index is 11.3. The summed E-state index contributed by atoms with van der Waals surface area (Å²) in [6, 6.07) is 6.75. The highest BCUT2D eigenvalue weighted by atomic mass is 32.2. The van der Waals surface area contributed by atoms with Crippen LogP contribution in [-0.4, -0.2) is 25.9 Å². The van der Waals surface area contributed by atoms with Crippen LogP contribution in [0.5, 0.6) is 0 Å². The summed E-state index contributed by atoms with van der Waals surface area (Å²) in [7, 11) is -3.14. The maximum atomic E-state index is 11.3. The van der Waals surface area contributed by atoms with E-state index in [4.69, 9.17) is 0 Å². The van der Waals surface area contributed by atoms with Crippen LogP contribution >= 0.6 is 0 Å². The SMILES string of the molecule is CCCC(O)C(C)c1ccc(S(C)(=O)=O)cc1. The minimum absolute atomic E-state index is 0.0311. The van der Waals surface area contributed by atoms with Crippen molar-refractivity contribution in [1.29, 1.82) is 0 Å². The number of sulfone groups is 1. The molecule has 1 aromatic rings. The second-order valence-corrected chi connectivity index (χ2v) is 6.50. The molecule has 2 atom stereocenters. The summed E-state index contributed by atoms with van der Waals surface area (Å²) in [5, 5.41) is 9.88. The lowest BCUT2D eigenvalue weighted by molar-refractivity contribution is 0.138. The smallest absolute Gasteiger partial charge is 0.175 e. The fraction of sp³-hybridized carbons (Fsp3) is 0.538. The first kappa shape index (κ1) is 14.2. The Labute approximate surface area is 103 Å². The minimum atomic E-state index is -3.14. The van der Waals surface area contributed by atoms with E-state index >= 15 is 0 Å². The molecule has 0 heterocycles. The number of rotatable bonds is 5. The van der Waals surface area contributed by atoms with Crippen LogP contribution in [-0.2, 0) is 9.84 Å². The van der Waals surface area contributed by atoms with Gasteiger partial charge in [-0.1, -0.05) is 32.4 Å². The Morgan fingerprint density at radius 2 is 1.76 bits per heavy atom. The van der Waals surface area contributed by atoms with Crippen LogP contribution in [0, 0.1) is 0 Å². The minimum Gasteiger partial charge on any atom is -0.393 e. The van der Waals surface area contributed by atoms with Crippen LogP contribution in [0.15, 0.2) is 29.2 Å². The van der Waals surface area contributed by atoms with Gasteiger partial charge >= 0.3 is 0 Å². The van der Waals surface area contributed by atoms with Crippen molar-refractivity contribution in [2.75, 3.05) is 6.26 Å². The highest BCUT2D eigenvalue weighted by molar-refractivity contribution is 7.90. The van der Waals surface area contributed by atoms with Gasteiger partial charge in [0.05, 0.1) is 11.0 Å². The van der Waals surface area contributed by atoms with Crippen molar-refractivity contribution in [3.05, 3.63) is 29.8 Å². The molecule has 96 valence electrons. The van der Waals surface area contributed by atoms with Gasteiger partial charge in [-0.3, -0.25) is 0 Å². The van der Waals surface area contributed by atoms with Gasteiger partial charge in [0, 0.05) is 12.2 Å². The van der Waals surface area contributed by atoms with Crippen molar-refractivity contribution in [1.82, 2.24) is 0 Å². The topological polar surface area (TPSA) is 54.4 Å². The van der Waals surface area contributed by atoms with Gasteiger partial charge in [-0.2, -0.15) is 0 Å². The first-order chi connectivity index (χ1) is 7.86. The number of aliphatic hydroxyl groups excluding tert-OH is 1. The van der Waals surface area contributed by atoms with E-state index in [9.17, 15) is 13.5 Å². The van der Waals surface area contributed by atoms with E-state index in [1.165, 1.54) is 6.26 Å². The second-order valence-electron chi connectivity index (χ2n) is 4.49. The molecule has 4 heteroatoms. The van der Waals surface area contributed by atoms with Gasteiger partial charge in [0.2, 0.25) is 0 Å². The van der Waals surface area contributed by atoms with E-state index in [0.717, 1.165) is 18.4 Å². The fourth-order valence-electron chi connectivity index (χ4n) is 1.79. The maximum Gasteiger partial charge on any atom is 0.175 e. The molecule has 1 rings (SSSR count).